The Morgan fingerprint density at radius 2 is 1.93 bits per heavy atom. The van der Waals surface area contributed by atoms with E-state index in [1.165, 1.54) is 5.56 Å². The Hall–Kier alpha value is -2.60. The second-order valence-electron chi connectivity index (χ2n) is 8.12. The van der Waals surface area contributed by atoms with Crippen molar-refractivity contribution < 1.29 is 9.53 Å². The smallest absolute Gasteiger partial charge is 0.272 e. The molecule has 0 saturated carbocycles. The molecule has 0 spiro atoms. The molecule has 2 aromatic rings. The number of carbonyl (C=O) groups is 1. The number of carbonyl (C=O) groups excluding carboxylic acids is 1. The van der Waals surface area contributed by atoms with Crippen molar-refractivity contribution in [3.05, 3.63) is 53.7 Å². The molecule has 2 fully saturated rings. The predicted molar refractivity (Wildman–Crippen MR) is 115 cm³/mol. The van der Waals surface area contributed by atoms with E-state index < -0.39 is 0 Å². The lowest BCUT2D eigenvalue weighted by Gasteiger charge is -2.23. The summed E-state index contributed by atoms with van der Waals surface area (Å²) in [6.07, 6.45) is 1.99. The van der Waals surface area contributed by atoms with Crippen molar-refractivity contribution in [3.63, 3.8) is 0 Å². The number of benzene rings is 1. The van der Waals surface area contributed by atoms with Gasteiger partial charge >= 0.3 is 0 Å². The van der Waals surface area contributed by atoms with Crippen LogP contribution in [-0.2, 0) is 0 Å². The Bertz CT molecular complexity index is 856. The Kier molecular flexibility index (Phi) is 6.00. The van der Waals surface area contributed by atoms with Crippen molar-refractivity contribution >= 4 is 11.7 Å². The van der Waals surface area contributed by atoms with Crippen molar-refractivity contribution in [2.24, 2.45) is 0 Å². The Labute approximate surface area is 173 Å². The van der Waals surface area contributed by atoms with E-state index in [0.29, 0.717) is 18.8 Å². The number of anilines is 1. The van der Waals surface area contributed by atoms with Gasteiger partial charge in [-0.25, -0.2) is 4.98 Å². The summed E-state index contributed by atoms with van der Waals surface area (Å²) < 4.78 is 6.09. The van der Waals surface area contributed by atoms with E-state index in [9.17, 15) is 4.79 Å². The van der Waals surface area contributed by atoms with Gasteiger partial charge in [0, 0.05) is 32.6 Å². The summed E-state index contributed by atoms with van der Waals surface area (Å²) in [5.41, 5.74) is 1.70. The monoisotopic (exact) mass is 394 g/mol. The van der Waals surface area contributed by atoms with Gasteiger partial charge in [-0.05, 0) is 56.8 Å². The Morgan fingerprint density at radius 1 is 1.07 bits per heavy atom. The second kappa shape index (κ2) is 8.82. The zero-order chi connectivity index (χ0) is 20.2. The van der Waals surface area contributed by atoms with Crippen LogP contribution in [0.1, 0.15) is 28.9 Å². The van der Waals surface area contributed by atoms with Crippen LogP contribution in [0, 0.1) is 6.92 Å². The van der Waals surface area contributed by atoms with Crippen LogP contribution in [0.15, 0.2) is 42.5 Å². The van der Waals surface area contributed by atoms with Crippen LogP contribution in [-0.4, -0.2) is 73.1 Å². The maximum atomic E-state index is 13.0. The van der Waals surface area contributed by atoms with Crippen LogP contribution in [0.4, 0.5) is 5.82 Å². The fraction of sp³-hybridized carbons (Fsp3) is 0.478. The molecule has 2 aliphatic rings. The first-order valence-corrected chi connectivity index (χ1v) is 10.5. The molecule has 154 valence electrons. The summed E-state index contributed by atoms with van der Waals surface area (Å²) in [6.45, 7) is 7.40. The summed E-state index contributed by atoms with van der Waals surface area (Å²) >= 11 is 0. The fourth-order valence-corrected chi connectivity index (χ4v) is 4.05. The van der Waals surface area contributed by atoms with Crippen molar-refractivity contribution in [1.29, 1.82) is 0 Å². The van der Waals surface area contributed by atoms with E-state index >= 15 is 0 Å². The Morgan fingerprint density at radius 3 is 2.79 bits per heavy atom. The number of rotatable bonds is 4. The van der Waals surface area contributed by atoms with Crippen LogP contribution in [0.2, 0.25) is 0 Å². The highest BCUT2D eigenvalue weighted by molar-refractivity contribution is 5.93. The van der Waals surface area contributed by atoms with Gasteiger partial charge in [0.15, 0.2) is 0 Å². The van der Waals surface area contributed by atoms with Crippen LogP contribution >= 0.6 is 0 Å². The molecule has 1 aromatic heterocycles. The fourth-order valence-electron chi connectivity index (χ4n) is 4.05. The van der Waals surface area contributed by atoms with Gasteiger partial charge in [-0.15, -0.1) is 0 Å². The average molecular weight is 395 g/mol. The number of likely N-dealkylation sites (tertiary alicyclic amines) is 1. The van der Waals surface area contributed by atoms with Gasteiger partial charge in [0.25, 0.3) is 5.91 Å². The molecule has 3 heterocycles. The molecule has 2 aliphatic heterocycles. The first-order chi connectivity index (χ1) is 14.1. The highest BCUT2D eigenvalue weighted by Gasteiger charge is 2.29. The first kappa shape index (κ1) is 19.7. The highest BCUT2D eigenvalue weighted by atomic mass is 16.5. The normalized spacial score (nSPS) is 20.6. The number of amides is 1. The van der Waals surface area contributed by atoms with Gasteiger partial charge in [0.05, 0.1) is 6.54 Å². The molecule has 6 heteroatoms. The lowest BCUT2D eigenvalue weighted by molar-refractivity contribution is 0.0766. The highest BCUT2D eigenvalue weighted by Crippen LogP contribution is 2.21. The zero-order valence-corrected chi connectivity index (χ0v) is 17.4. The van der Waals surface area contributed by atoms with Crippen LogP contribution in [0.25, 0.3) is 0 Å². The number of pyridine rings is 1. The summed E-state index contributed by atoms with van der Waals surface area (Å²) in [6, 6.07) is 13.8. The molecular formula is C23H30N4O2. The van der Waals surface area contributed by atoms with Gasteiger partial charge in [0.2, 0.25) is 0 Å². The van der Waals surface area contributed by atoms with Crippen LogP contribution in [0.3, 0.4) is 0 Å². The minimum Gasteiger partial charge on any atom is -0.489 e. The number of likely N-dealkylation sites (N-methyl/N-ethyl adjacent to an activating group) is 1. The molecule has 0 unspecified atom stereocenters. The summed E-state index contributed by atoms with van der Waals surface area (Å²) in [5, 5.41) is 0. The molecule has 0 N–H and O–H groups in total. The molecule has 4 rings (SSSR count). The molecule has 29 heavy (non-hydrogen) atoms. The van der Waals surface area contributed by atoms with Crippen LogP contribution in [0.5, 0.6) is 5.75 Å². The molecule has 1 amide bonds. The summed E-state index contributed by atoms with van der Waals surface area (Å²) in [5.74, 6) is 1.77. The quantitative estimate of drug-likeness (QED) is 0.798. The number of aryl methyl sites for hydroxylation is 1. The molecule has 1 aromatic carbocycles. The van der Waals surface area contributed by atoms with Gasteiger partial charge in [-0.1, -0.05) is 18.2 Å². The van der Waals surface area contributed by atoms with Gasteiger partial charge in [-0.3, -0.25) is 4.79 Å². The molecule has 0 aliphatic carbocycles. The number of nitrogens with zero attached hydrogens (tertiary/aromatic N) is 4. The Balaban J connectivity index is 1.39. The van der Waals surface area contributed by atoms with Gasteiger partial charge in [-0.2, -0.15) is 0 Å². The second-order valence-corrected chi connectivity index (χ2v) is 8.12. The third kappa shape index (κ3) is 4.88. The SMILES string of the molecule is Cc1cccc(O[C@@H]2CCN(C(=O)c3cccc(N4CCCN(C)CC4)n3)C2)c1. The van der Waals surface area contributed by atoms with E-state index in [4.69, 9.17) is 9.72 Å². The molecule has 0 bridgehead atoms. The number of hydrogen-bond donors (Lipinski definition) is 0. The summed E-state index contributed by atoms with van der Waals surface area (Å²) in [4.78, 5) is 24.2. The number of hydrogen-bond acceptors (Lipinski definition) is 5. The van der Waals surface area contributed by atoms with E-state index in [2.05, 4.69) is 29.8 Å². The molecule has 0 radical (unpaired) electrons. The minimum atomic E-state index is -0.00543. The van der Waals surface area contributed by atoms with Crippen molar-refractivity contribution in [2.45, 2.75) is 25.9 Å². The lowest BCUT2D eigenvalue weighted by Crippen LogP contribution is -2.33. The number of aromatic nitrogens is 1. The topological polar surface area (TPSA) is 48.9 Å². The average Bonchev–Trinajstić information content (AvgIpc) is 3.07. The summed E-state index contributed by atoms with van der Waals surface area (Å²) in [7, 11) is 2.15. The largest absolute Gasteiger partial charge is 0.489 e. The van der Waals surface area contributed by atoms with Crippen molar-refractivity contribution in [3.8, 4) is 5.75 Å². The van der Waals surface area contributed by atoms with E-state index in [0.717, 1.165) is 50.6 Å². The van der Waals surface area contributed by atoms with Crippen molar-refractivity contribution in [2.75, 3.05) is 51.2 Å². The number of ether oxygens (including phenoxy) is 1. The van der Waals surface area contributed by atoms with Crippen molar-refractivity contribution in [1.82, 2.24) is 14.8 Å². The van der Waals surface area contributed by atoms with Crippen LogP contribution < -0.4 is 9.64 Å². The zero-order valence-electron chi connectivity index (χ0n) is 17.4. The molecule has 2 saturated heterocycles. The maximum Gasteiger partial charge on any atom is 0.272 e. The minimum absolute atomic E-state index is 0.00543. The van der Waals surface area contributed by atoms with E-state index in [1.807, 2.05) is 41.3 Å². The van der Waals surface area contributed by atoms with E-state index in [-0.39, 0.29) is 12.0 Å². The van der Waals surface area contributed by atoms with Gasteiger partial charge < -0.3 is 19.4 Å². The molecule has 1 atom stereocenters. The lowest BCUT2D eigenvalue weighted by atomic mass is 10.2. The molecule has 6 nitrogen and oxygen atoms in total. The predicted octanol–water partition coefficient (Wildman–Crippen LogP) is 2.83. The third-order valence-corrected chi connectivity index (χ3v) is 5.72. The maximum absolute atomic E-state index is 13.0. The van der Waals surface area contributed by atoms with Gasteiger partial charge in [0.1, 0.15) is 23.4 Å². The standard InChI is InChI=1S/C23H30N4O2/c1-18-6-3-7-19(16-18)29-20-10-13-27(17-20)23(28)21-8-4-9-22(24-21)26-12-5-11-25(2)14-15-26/h3-4,6-9,16,20H,5,10-15,17H2,1-2H3/t20-/m1/s1. The third-order valence-electron chi connectivity index (χ3n) is 5.72. The van der Waals surface area contributed by atoms with E-state index in [1.54, 1.807) is 0 Å². The molecular weight excluding hydrogens is 364 g/mol. The first-order valence-electron chi connectivity index (χ1n) is 10.5.